The zero-order valence-corrected chi connectivity index (χ0v) is 16.2. The fraction of sp³-hybridized carbons (Fsp3) is 0.150. The Morgan fingerprint density at radius 2 is 1.93 bits per heavy atom. The molecular formula is C20H16N4O4S. The highest BCUT2D eigenvalue weighted by Gasteiger charge is 2.41. The quantitative estimate of drug-likeness (QED) is 0.350. The van der Waals surface area contributed by atoms with Crippen molar-refractivity contribution in [2.45, 2.75) is 18.6 Å². The van der Waals surface area contributed by atoms with Gasteiger partial charge in [0.2, 0.25) is 5.91 Å². The first kappa shape index (κ1) is 20.1. The first-order valence-electron chi connectivity index (χ1n) is 8.57. The van der Waals surface area contributed by atoms with Gasteiger partial charge in [-0.25, -0.2) is 0 Å². The first-order chi connectivity index (χ1) is 13.8. The van der Waals surface area contributed by atoms with Crippen LogP contribution in [-0.2, 0) is 16.0 Å². The average molecular weight is 408 g/mol. The van der Waals surface area contributed by atoms with Gasteiger partial charge >= 0.3 is 0 Å². The standard InChI is InChI=1S/C20H16N4O4S/c1-12-6-8-14(9-7-12)23-19(26)17(29-20(23)15(11-21)18(22)25)10-13-4-2-3-5-16(13)24(27)28/h2-9,17H,10H2,1H3,(H2,22,25)/b20-15-. The van der Waals surface area contributed by atoms with Crippen LogP contribution < -0.4 is 10.6 Å². The molecule has 1 saturated heterocycles. The molecule has 2 amide bonds. The van der Waals surface area contributed by atoms with Gasteiger partial charge in [-0.2, -0.15) is 5.26 Å². The summed E-state index contributed by atoms with van der Waals surface area (Å²) in [6.07, 6.45) is 0.0734. The SMILES string of the molecule is Cc1ccc(N2C(=O)C(Cc3ccccc3[N+](=O)[O-])S/C2=C(/C#N)C(N)=O)cc1. The lowest BCUT2D eigenvalue weighted by Crippen LogP contribution is -2.31. The number of thioether (sulfide) groups is 1. The van der Waals surface area contributed by atoms with E-state index in [-0.39, 0.29) is 28.6 Å². The number of hydrogen-bond donors (Lipinski definition) is 1. The summed E-state index contributed by atoms with van der Waals surface area (Å²) in [5.74, 6) is -1.31. The van der Waals surface area contributed by atoms with E-state index in [2.05, 4.69) is 0 Å². The molecule has 9 heteroatoms. The van der Waals surface area contributed by atoms with Crippen molar-refractivity contribution in [1.29, 1.82) is 5.26 Å². The monoisotopic (exact) mass is 408 g/mol. The lowest BCUT2D eigenvalue weighted by atomic mass is 10.1. The minimum Gasteiger partial charge on any atom is -0.365 e. The highest BCUT2D eigenvalue weighted by molar-refractivity contribution is 8.05. The maximum atomic E-state index is 13.2. The Kier molecular flexibility index (Phi) is 5.66. The predicted octanol–water partition coefficient (Wildman–Crippen LogP) is 2.81. The van der Waals surface area contributed by atoms with Crippen molar-refractivity contribution in [3.05, 3.63) is 80.4 Å². The minimum absolute atomic E-state index is 0.0734. The fourth-order valence-electron chi connectivity index (χ4n) is 2.99. The number of nitrogens with zero attached hydrogens (tertiary/aromatic N) is 3. The van der Waals surface area contributed by atoms with Crippen LogP contribution in [0.1, 0.15) is 11.1 Å². The summed E-state index contributed by atoms with van der Waals surface area (Å²) in [4.78, 5) is 37.0. The first-order valence-corrected chi connectivity index (χ1v) is 9.45. The molecule has 146 valence electrons. The second-order valence-corrected chi connectivity index (χ2v) is 7.55. The minimum atomic E-state index is -0.939. The number of benzene rings is 2. The Bertz CT molecular complexity index is 1070. The van der Waals surface area contributed by atoms with Gasteiger partial charge in [-0.3, -0.25) is 24.6 Å². The molecule has 0 aromatic heterocycles. The third-order valence-electron chi connectivity index (χ3n) is 4.41. The summed E-state index contributed by atoms with van der Waals surface area (Å²) >= 11 is 1.01. The van der Waals surface area contributed by atoms with Crippen molar-refractivity contribution in [2.75, 3.05) is 4.90 Å². The molecule has 1 unspecified atom stereocenters. The Labute approximate surface area is 170 Å². The van der Waals surface area contributed by atoms with Crippen LogP contribution in [0.2, 0.25) is 0 Å². The second kappa shape index (κ2) is 8.16. The molecule has 1 atom stereocenters. The number of carbonyl (C=O) groups excluding carboxylic acids is 2. The lowest BCUT2D eigenvalue weighted by Gasteiger charge is -2.18. The number of nitro benzene ring substituents is 1. The summed E-state index contributed by atoms with van der Waals surface area (Å²) in [6.45, 7) is 1.89. The van der Waals surface area contributed by atoms with E-state index in [1.54, 1.807) is 48.5 Å². The highest BCUT2D eigenvalue weighted by Crippen LogP contribution is 2.42. The van der Waals surface area contributed by atoms with E-state index < -0.39 is 16.1 Å². The van der Waals surface area contributed by atoms with Crippen LogP contribution >= 0.6 is 11.8 Å². The van der Waals surface area contributed by atoms with Gasteiger partial charge in [0.25, 0.3) is 11.6 Å². The van der Waals surface area contributed by atoms with Gasteiger partial charge in [-0.1, -0.05) is 47.7 Å². The van der Waals surface area contributed by atoms with E-state index in [9.17, 15) is 25.0 Å². The van der Waals surface area contributed by atoms with Gasteiger partial charge in [0.15, 0.2) is 0 Å². The number of carbonyl (C=O) groups is 2. The number of aryl methyl sites for hydroxylation is 1. The predicted molar refractivity (Wildman–Crippen MR) is 109 cm³/mol. The van der Waals surface area contributed by atoms with Crippen molar-refractivity contribution in [3.8, 4) is 6.07 Å². The molecule has 1 aliphatic rings. The van der Waals surface area contributed by atoms with Crippen molar-refractivity contribution >= 4 is 35.0 Å². The number of nitro groups is 1. The normalized spacial score (nSPS) is 17.7. The lowest BCUT2D eigenvalue weighted by molar-refractivity contribution is -0.385. The molecule has 0 saturated carbocycles. The molecule has 0 spiro atoms. The van der Waals surface area contributed by atoms with Crippen LogP contribution in [0, 0.1) is 28.4 Å². The molecule has 0 radical (unpaired) electrons. The average Bonchev–Trinajstić information content (AvgIpc) is 2.99. The van der Waals surface area contributed by atoms with Gasteiger partial charge in [-0.05, 0) is 19.1 Å². The molecule has 2 aromatic rings. The molecule has 1 fully saturated rings. The van der Waals surface area contributed by atoms with Crippen molar-refractivity contribution in [1.82, 2.24) is 0 Å². The Hall–Kier alpha value is -3.64. The molecule has 29 heavy (non-hydrogen) atoms. The van der Waals surface area contributed by atoms with Crippen LogP contribution in [0.4, 0.5) is 11.4 Å². The smallest absolute Gasteiger partial charge is 0.272 e. The molecule has 0 aliphatic carbocycles. The summed E-state index contributed by atoms with van der Waals surface area (Å²) in [5.41, 5.74) is 6.79. The second-order valence-electron chi connectivity index (χ2n) is 6.36. The number of para-hydroxylation sites is 1. The molecule has 1 heterocycles. The summed E-state index contributed by atoms with van der Waals surface area (Å²) in [5, 5.41) is 20.1. The molecular weight excluding hydrogens is 392 g/mol. The van der Waals surface area contributed by atoms with E-state index in [4.69, 9.17) is 5.73 Å². The Morgan fingerprint density at radius 1 is 1.28 bits per heavy atom. The van der Waals surface area contributed by atoms with Gasteiger partial charge in [0.05, 0.1) is 10.2 Å². The number of nitriles is 1. The third-order valence-corrected chi connectivity index (χ3v) is 5.67. The van der Waals surface area contributed by atoms with E-state index in [0.29, 0.717) is 11.3 Å². The maximum Gasteiger partial charge on any atom is 0.272 e. The van der Waals surface area contributed by atoms with Gasteiger partial charge < -0.3 is 5.73 Å². The number of rotatable bonds is 5. The van der Waals surface area contributed by atoms with Crippen molar-refractivity contribution in [2.24, 2.45) is 5.73 Å². The summed E-state index contributed by atoms with van der Waals surface area (Å²) in [6, 6.07) is 15.0. The third kappa shape index (κ3) is 3.97. The van der Waals surface area contributed by atoms with E-state index in [0.717, 1.165) is 17.3 Å². The van der Waals surface area contributed by atoms with Gasteiger partial charge in [-0.15, -0.1) is 0 Å². The summed E-state index contributed by atoms with van der Waals surface area (Å²) < 4.78 is 0. The van der Waals surface area contributed by atoms with Crippen molar-refractivity contribution < 1.29 is 14.5 Å². The number of amides is 2. The fourth-order valence-corrected chi connectivity index (χ4v) is 4.29. The van der Waals surface area contributed by atoms with E-state index in [1.807, 2.05) is 6.92 Å². The number of nitrogens with two attached hydrogens (primary N) is 1. The van der Waals surface area contributed by atoms with E-state index >= 15 is 0 Å². The molecule has 1 aliphatic heterocycles. The maximum absolute atomic E-state index is 13.2. The number of anilines is 1. The van der Waals surface area contributed by atoms with Crippen LogP contribution in [0.25, 0.3) is 0 Å². The Morgan fingerprint density at radius 3 is 2.52 bits per heavy atom. The van der Waals surface area contributed by atoms with E-state index in [1.165, 1.54) is 11.0 Å². The van der Waals surface area contributed by atoms with Crippen LogP contribution in [0.15, 0.2) is 59.1 Å². The van der Waals surface area contributed by atoms with Gasteiger partial charge in [0, 0.05) is 23.7 Å². The topological polar surface area (TPSA) is 130 Å². The number of hydrogen-bond acceptors (Lipinski definition) is 6. The number of primary amides is 1. The molecule has 2 N–H and O–H groups in total. The summed E-state index contributed by atoms with van der Waals surface area (Å²) in [7, 11) is 0. The van der Waals surface area contributed by atoms with Crippen LogP contribution in [0.3, 0.4) is 0 Å². The Balaban J connectivity index is 2.06. The molecule has 3 rings (SSSR count). The largest absolute Gasteiger partial charge is 0.365 e. The van der Waals surface area contributed by atoms with Crippen LogP contribution in [-0.4, -0.2) is 22.0 Å². The zero-order chi connectivity index (χ0) is 21.1. The molecule has 2 aromatic carbocycles. The van der Waals surface area contributed by atoms with Crippen molar-refractivity contribution in [3.63, 3.8) is 0 Å². The van der Waals surface area contributed by atoms with Crippen LogP contribution in [0.5, 0.6) is 0 Å². The molecule has 8 nitrogen and oxygen atoms in total. The zero-order valence-electron chi connectivity index (χ0n) is 15.4. The molecule has 0 bridgehead atoms. The van der Waals surface area contributed by atoms with Gasteiger partial charge in [0.1, 0.15) is 16.7 Å². The highest BCUT2D eigenvalue weighted by atomic mass is 32.2.